The zero-order valence-corrected chi connectivity index (χ0v) is 8.58. The first-order valence-electron chi connectivity index (χ1n) is 4.81. The van der Waals surface area contributed by atoms with E-state index in [4.69, 9.17) is 4.74 Å². The van der Waals surface area contributed by atoms with E-state index in [2.05, 4.69) is 5.32 Å². The van der Waals surface area contributed by atoms with Crippen LogP contribution < -0.4 is 5.32 Å². The summed E-state index contributed by atoms with van der Waals surface area (Å²) in [6.07, 6.45) is 0. The number of nitrogens with zero attached hydrogens (tertiary/aromatic N) is 1. The lowest BCUT2D eigenvalue weighted by atomic mass is 10.2. The van der Waals surface area contributed by atoms with Gasteiger partial charge in [-0.05, 0) is 6.92 Å². The van der Waals surface area contributed by atoms with Crippen LogP contribution in [0.5, 0.6) is 0 Å². The number of hydrogen-bond donors (Lipinski definition) is 1. The van der Waals surface area contributed by atoms with Crippen molar-refractivity contribution < 1.29 is 14.3 Å². The maximum absolute atomic E-state index is 11.5. The second-order valence-electron chi connectivity index (χ2n) is 3.18. The average Bonchev–Trinajstić information content (AvgIpc) is 2.18. The van der Waals surface area contributed by atoms with Gasteiger partial charge in [0.1, 0.15) is 6.04 Å². The molecule has 0 aromatic heterocycles. The number of piperazine rings is 1. The highest BCUT2D eigenvalue weighted by Gasteiger charge is 2.31. The number of amides is 1. The molecule has 1 rings (SSSR count). The van der Waals surface area contributed by atoms with Crippen LogP contribution in [-0.4, -0.2) is 49.1 Å². The van der Waals surface area contributed by atoms with E-state index in [1.807, 2.05) is 0 Å². The zero-order chi connectivity index (χ0) is 10.6. The van der Waals surface area contributed by atoms with Gasteiger partial charge in [0.2, 0.25) is 5.91 Å². The second kappa shape index (κ2) is 4.95. The summed E-state index contributed by atoms with van der Waals surface area (Å²) >= 11 is 0. The van der Waals surface area contributed by atoms with Gasteiger partial charge in [0, 0.05) is 26.6 Å². The zero-order valence-electron chi connectivity index (χ0n) is 8.58. The third-order valence-corrected chi connectivity index (χ3v) is 2.21. The molecule has 0 bridgehead atoms. The first-order valence-corrected chi connectivity index (χ1v) is 4.81. The smallest absolute Gasteiger partial charge is 0.330 e. The minimum Gasteiger partial charge on any atom is -0.464 e. The van der Waals surface area contributed by atoms with Gasteiger partial charge in [-0.1, -0.05) is 0 Å². The molecular formula is C9H16N2O3. The Balaban J connectivity index is 2.62. The number of nitrogens with one attached hydrogen (secondary N) is 1. The van der Waals surface area contributed by atoms with Gasteiger partial charge in [-0.2, -0.15) is 0 Å². The molecule has 0 radical (unpaired) electrons. The molecule has 0 aromatic rings. The van der Waals surface area contributed by atoms with E-state index in [1.165, 1.54) is 6.92 Å². The summed E-state index contributed by atoms with van der Waals surface area (Å²) in [6.45, 7) is 5.36. The third-order valence-electron chi connectivity index (χ3n) is 2.21. The summed E-state index contributed by atoms with van der Waals surface area (Å²) in [4.78, 5) is 24.2. The maximum Gasteiger partial charge on any atom is 0.330 e. The van der Waals surface area contributed by atoms with E-state index < -0.39 is 6.04 Å². The van der Waals surface area contributed by atoms with Crippen LogP contribution in [0.2, 0.25) is 0 Å². The summed E-state index contributed by atoms with van der Waals surface area (Å²) < 4.78 is 4.89. The molecular weight excluding hydrogens is 184 g/mol. The molecule has 1 amide bonds. The highest BCUT2D eigenvalue weighted by atomic mass is 16.5. The Bertz CT molecular complexity index is 230. The van der Waals surface area contributed by atoms with Crippen molar-refractivity contribution in [3.8, 4) is 0 Å². The minimum atomic E-state index is -0.457. The molecule has 1 N–H and O–H groups in total. The van der Waals surface area contributed by atoms with Crippen LogP contribution in [0.1, 0.15) is 13.8 Å². The molecule has 1 heterocycles. The Labute approximate surface area is 83.4 Å². The van der Waals surface area contributed by atoms with Crippen molar-refractivity contribution >= 4 is 11.9 Å². The fraction of sp³-hybridized carbons (Fsp3) is 0.778. The summed E-state index contributed by atoms with van der Waals surface area (Å²) in [7, 11) is 0. The Kier molecular flexibility index (Phi) is 3.88. The van der Waals surface area contributed by atoms with Gasteiger partial charge in [0.15, 0.2) is 0 Å². The SMILES string of the molecule is CCOC(=O)C1CNCCN1C(C)=O. The number of hydrogen-bond acceptors (Lipinski definition) is 4. The van der Waals surface area contributed by atoms with Crippen LogP contribution in [0.3, 0.4) is 0 Å². The van der Waals surface area contributed by atoms with E-state index in [-0.39, 0.29) is 11.9 Å². The van der Waals surface area contributed by atoms with Crippen molar-refractivity contribution in [1.29, 1.82) is 0 Å². The molecule has 1 saturated heterocycles. The number of carbonyl (C=O) groups is 2. The first-order chi connectivity index (χ1) is 6.66. The number of esters is 1. The van der Waals surface area contributed by atoms with Crippen LogP contribution in [0.15, 0.2) is 0 Å². The Hall–Kier alpha value is -1.10. The largest absolute Gasteiger partial charge is 0.464 e. The third kappa shape index (κ3) is 2.45. The topological polar surface area (TPSA) is 58.6 Å². The Morgan fingerprint density at radius 2 is 2.29 bits per heavy atom. The number of rotatable bonds is 2. The Morgan fingerprint density at radius 3 is 2.86 bits per heavy atom. The van der Waals surface area contributed by atoms with Gasteiger partial charge in [-0.15, -0.1) is 0 Å². The molecule has 1 fully saturated rings. The molecule has 0 aliphatic carbocycles. The van der Waals surface area contributed by atoms with Gasteiger partial charge in [0.05, 0.1) is 6.61 Å². The number of ether oxygens (including phenoxy) is 1. The molecule has 80 valence electrons. The lowest BCUT2D eigenvalue weighted by Gasteiger charge is -2.33. The molecule has 5 heteroatoms. The summed E-state index contributed by atoms with van der Waals surface area (Å²) in [6, 6.07) is -0.457. The highest BCUT2D eigenvalue weighted by Crippen LogP contribution is 2.05. The monoisotopic (exact) mass is 200 g/mol. The molecule has 1 aliphatic rings. The lowest BCUT2D eigenvalue weighted by Crippen LogP contribution is -2.56. The van der Waals surface area contributed by atoms with Gasteiger partial charge in [-0.3, -0.25) is 4.79 Å². The number of carbonyl (C=O) groups excluding carboxylic acids is 2. The van der Waals surface area contributed by atoms with E-state index in [0.29, 0.717) is 19.7 Å². The fourth-order valence-electron chi connectivity index (χ4n) is 1.53. The van der Waals surface area contributed by atoms with E-state index in [9.17, 15) is 9.59 Å². The van der Waals surface area contributed by atoms with Crippen molar-refractivity contribution in [3.05, 3.63) is 0 Å². The van der Waals surface area contributed by atoms with Gasteiger partial charge in [0.25, 0.3) is 0 Å². The van der Waals surface area contributed by atoms with Gasteiger partial charge >= 0.3 is 5.97 Å². The van der Waals surface area contributed by atoms with Gasteiger partial charge in [-0.25, -0.2) is 4.79 Å². The second-order valence-corrected chi connectivity index (χ2v) is 3.18. The van der Waals surface area contributed by atoms with Crippen molar-refractivity contribution in [2.75, 3.05) is 26.2 Å². The summed E-state index contributed by atoms with van der Waals surface area (Å²) in [5.41, 5.74) is 0. The van der Waals surface area contributed by atoms with Crippen molar-refractivity contribution in [2.24, 2.45) is 0 Å². The average molecular weight is 200 g/mol. The van der Waals surface area contributed by atoms with Gasteiger partial charge < -0.3 is 15.0 Å². The molecule has 1 atom stereocenters. The highest BCUT2D eigenvalue weighted by molar-refractivity contribution is 5.83. The predicted octanol–water partition coefficient (Wildman–Crippen LogP) is -0.630. The van der Waals surface area contributed by atoms with Crippen LogP contribution in [0.4, 0.5) is 0 Å². The standard InChI is InChI=1S/C9H16N2O3/c1-3-14-9(13)8-6-10-4-5-11(8)7(2)12/h8,10H,3-6H2,1-2H3. The normalized spacial score (nSPS) is 21.9. The first kappa shape index (κ1) is 11.0. The quantitative estimate of drug-likeness (QED) is 0.603. The van der Waals surface area contributed by atoms with Crippen molar-refractivity contribution in [1.82, 2.24) is 10.2 Å². The molecule has 0 spiro atoms. The molecule has 1 unspecified atom stereocenters. The van der Waals surface area contributed by atoms with Crippen LogP contribution in [0, 0.1) is 0 Å². The van der Waals surface area contributed by atoms with Crippen LogP contribution in [0.25, 0.3) is 0 Å². The molecule has 0 aromatic carbocycles. The van der Waals surface area contributed by atoms with Crippen LogP contribution in [-0.2, 0) is 14.3 Å². The molecule has 14 heavy (non-hydrogen) atoms. The van der Waals surface area contributed by atoms with E-state index in [0.717, 1.165) is 6.54 Å². The maximum atomic E-state index is 11.5. The Morgan fingerprint density at radius 1 is 1.57 bits per heavy atom. The minimum absolute atomic E-state index is 0.0791. The fourth-order valence-corrected chi connectivity index (χ4v) is 1.53. The molecule has 0 saturated carbocycles. The van der Waals surface area contributed by atoms with E-state index >= 15 is 0 Å². The van der Waals surface area contributed by atoms with Crippen molar-refractivity contribution in [2.45, 2.75) is 19.9 Å². The summed E-state index contributed by atoms with van der Waals surface area (Å²) in [5, 5.41) is 3.06. The van der Waals surface area contributed by atoms with Crippen molar-refractivity contribution in [3.63, 3.8) is 0 Å². The lowest BCUT2D eigenvalue weighted by molar-refractivity contribution is -0.155. The molecule has 5 nitrogen and oxygen atoms in total. The molecule has 1 aliphatic heterocycles. The predicted molar refractivity (Wildman–Crippen MR) is 50.7 cm³/mol. The van der Waals surface area contributed by atoms with E-state index in [1.54, 1.807) is 11.8 Å². The van der Waals surface area contributed by atoms with Crippen LogP contribution >= 0.6 is 0 Å². The summed E-state index contributed by atoms with van der Waals surface area (Å²) in [5.74, 6) is -0.403.